The number of hydrogen-bond donors (Lipinski definition) is 1. The summed E-state index contributed by atoms with van der Waals surface area (Å²) < 4.78 is 0. The third-order valence-electron chi connectivity index (χ3n) is 3.30. The van der Waals surface area contributed by atoms with Crippen LogP contribution in [0.3, 0.4) is 0 Å². The summed E-state index contributed by atoms with van der Waals surface area (Å²) in [6.45, 7) is 5.63. The fourth-order valence-corrected chi connectivity index (χ4v) is 2.45. The predicted molar refractivity (Wildman–Crippen MR) is 67.0 cm³/mol. The predicted octanol–water partition coefficient (Wildman–Crippen LogP) is 1.76. The normalized spacial score (nSPS) is 19.7. The van der Waals surface area contributed by atoms with Crippen LogP contribution in [-0.2, 0) is 0 Å². The lowest BCUT2D eigenvalue weighted by Gasteiger charge is -2.16. The van der Waals surface area contributed by atoms with Gasteiger partial charge in [0.25, 0.3) is 5.91 Å². The first kappa shape index (κ1) is 12.1. The average Bonchev–Trinajstić information content (AvgIpc) is 2.75. The smallest absolute Gasteiger partial charge is 0.253 e. The van der Waals surface area contributed by atoms with Crippen molar-refractivity contribution < 1.29 is 9.90 Å². The molecule has 1 aliphatic rings. The number of rotatable bonds is 2. The Balaban J connectivity index is 2.14. The van der Waals surface area contributed by atoms with E-state index in [1.165, 1.54) is 0 Å². The van der Waals surface area contributed by atoms with E-state index in [4.69, 9.17) is 5.11 Å². The molecule has 1 heterocycles. The molecule has 1 aliphatic heterocycles. The zero-order valence-electron chi connectivity index (χ0n) is 10.4. The van der Waals surface area contributed by atoms with Crippen LogP contribution in [0.15, 0.2) is 18.2 Å². The van der Waals surface area contributed by atoms with E-state index < -0.39 is 0 Å². The molecule has 0 bridgehead atoms. The first-order chi connectivity index (χ1) is 8.10. The van der Waals surface area contributed by atoms with E-state index in [0.717, 1.165) is 29.7 Å². The minimum atomic E-state index is 0.0905. The van der Waals surface area contributed by atoms with Crippen molar-refractivity contribution in [2.75, 3.05) is 19.7 Å². The molecular formula is C14H19NO2. The van der Waals surface area contributed by atoms with Crippen LogP contribution in [-0.4, -0.2) is 35.6 Å². The summed E-state index contributed by atoms with van der Waals surface area (Å²) in [6.07, 6.45) is 0.910. The molecule has 0 spiro atoms. The number of aliphatic hydroxyl groups is 1. The van der Waals surface area contributed by atoms with E-state index in [-0.39, 0.29) is 18.4 Å². The highest BCUT2D eigenvalue weighted by molar-refractivity contribution is 5.94. The molecule has 3 heteroatoms. The summed E-state index contributed by atoms with van der Waals surface area (Å²) in [5.74, 6) is 0.345. The fraction of sp³-hybridized carbons (Fsp3) is 0.500. The van der Waals surface area contributed by atoms with Crippen LogP contribution in [0.1, 0.15) is 27.9 Å². The molecule has 0 aromatic heterocycles. The Labute approximate surface area is 102 Å². The molecule has 1 aromatic carbocycles. The number of nitrogens with zero attached hydrogens (tertiary/aromatic N) is 1. The fourth-order valence-electron chi connectivity index (χ4n) is 2.45. The maximum atomic E-state index is 12.3. The third-order valence-corrected chi connectivity index (χ3v) is 3.30. The molecule has 92 valence electrons. The minimum absolute atomic E-state index is 0.0905. The number of amides is 1. The number of aliphatic hydroxyl groups excluding tert-OH is 1. The number of carbonyl (C=O) groups excluding carboxylic acids is 1. The van der Waals surface area contributed by atoms with Gasteiger partial charge in [-0.1, -0.05) is 17.2 Å². The van der Waals surface area contributed by atoms with Crippen molar-refractivity contribution in [1.82, 2.24) is 4.90 Å². The Morgan fingerprint density at radius 3 is 2.53 bits per heavy atom. The first-order valence-electron chi connectivity index (χ1n) is 6.08. The molecule has 0 radical (unpaired) electrons. The van der Waals surface area contributed by atoms with Crippen molar-refractivity contribution >= 4 is 5.91 Å². The van der Waals surface area contributed by atoms with Crippen molar-refractivity contribution in [2.45, 2.75) is 20.3 Å². The molecule has 1 N–H and O–H groups in total. The van der Waals surface area contributed by atoms with Gasteiger partial charge in [-0.25, -0.2) is 0 Å². The molecule has 17 heavy (non-hydrogen) atoms. The van der Waals surface area contributed by atoms with Crippen molar-refractivity contribution in [3.05, 3.63) is 34.9 Å². The highest BCUT2D eigenvalue weighted by atomic mass is 16.3. The molecule has 0 saturated carbocycles. The van der Waals surface area contributed by atoms with Gasteiger partial charge in [-0.05, 0) is 32.4 Å². The third kappa shape index (κ3) is 2.67. The molecule has 1 amide bonds. The summed E-state index contributed by atoms with van der Waals surface area (Å²) in [7, 11) is 0. The number of carbonyl (C=O) groups is 1. The topological polar surface area (TPSA) is 40.5 Å². The summed E-state index contributed by atoms with van der Waals surface area (Å²) in [4.78, 5) is 14.1. The Kier molecular flexibility index (Phi) is 3.48. The van der Waals surface area contributed by atoms with Gasteiger partial charge in [0.05, 0.1) is 0 Å². The molecule has 1 saturated heterocycles. The van der Waals surface area contributed by atoms with Gasteiger partial charge in [0.1, 0.15) is 0 Å². The number of hydrogen-bond acceptors (Lipinski definition) is 2. The highest BCUT2D eigenvalue weighted by Gasteiger charge is 2.26. The van der Waals surface area contributed by atoms with Gasteiger partial charge in [-0.15, -0.1) is 0 Å². The quantitative estimate of drug-likeness (QED) is 0.845. The van der Waals surface area contributed by atoms with Gasteiger partial charge >= 0.3 is 0 Å². The summed E-state index contributed by atoms with van der Waals surface area (Å²) in [5.41, 5.74) is 3.00. The van der Waals surface area contributed by atoms with E-state index in [2.05, 4.69) is 6.07 Å². The van der Waals surface area contributed by atoms with Gasteiger partial charge in [0.2, 0.25) is 0 Å². The lowest BCUT2D eigenvalue weighted by Crippen LogP contribution is -2.29. The van der Waals surface area contributed by atoms with Crippen LogP contribution in [0.25, 0.3) is 0 Å². The van der Waals surface area contributed by atoms with Gasteiger partial charge in [0.15, 0.2) is 0 Å². The second kappa shape index (κ2) is 4.88. The molecular weight excluding hydrogens is 214 g/mol. The molecule has 2 rings (SSSR count). The van der Waals surface area contributed by atoms with Crippen molar-refractivity contribution in [3.63, 3.8) is 0 Å². The van der Waals surface area contributed by atoms with Crippen molar-refractivity contribution in [2.24, 2.45) is 5.92 Å². The van der Waals surface area contributed by atoms with E-state index in [0.29, 0.717) is 6.54 Å². The lowest BCUT2D eigenvalue weighted by molar-refractivity contribution is 0.0781. The van der Waals surface area contributed by atoms with E-state index >= 15 is 0 Å². The maximum absolute atomic E-state index is 12.3. The Morgan fingerprint density at radius 2 is 2.00 bits per heavy atom. The summed E-state index contributed by atoms with van der Waals surface area (Å²) >= 11 is 0. The van der Waals surface area contributed by atoms with E-state index in [1.807, 2.05) is 30.9 Å². The van der Waals surface area contributed by atoms with E-state index in [1.54, 1.807) is 0 Å². The first-order valence-corrected chi connectivity index (χ1v) is 6.08. The number of benzene rings is 1. The second-order valence-corrected chi connectivity index (χ2v) is 4.96. The number of aryl methyl sites for hydroxylation is 2. The van der Waals surface area contributed by atoms with Crippen LogP contribution < -0.4 is 0 Å². The van der Waals surface area contributed by atoms with Crippen LogP contribution in [0, 0.1) is 19.8 Å². The van der Waals surface area contributed by atoms with Crippen LogP contribution in [0.2, 0.25) is 0 Å². The highest BCUT2D eigenvalue weighted by Crippen LogP contribution is 2.19. The average molecular weight is 233 g/mol. The van der Waals surface area contributed by atoms with Gasteiger partial charge < -0.3 is 10.0 Å². The van der Waals surface area contributed by atoms with Gasteiger partial charge in [0, 0.05) is 31.2 Å². The zero-order valence-corrected chi connectivity index (χ0v) is 10.4. The van der Waals surface area contributed by atoms with Crippen molar-refractivity contribution in [3.8, 4) is 0 Å². The molecule has 3 nitrogen and oxygen atoms in total. The SMILES string of the molecule is Cc1cc(C)cc(C(=O)N2CC[C@H](CO)C2)c1. The van der Waals surface area contributed by atoms with Gasteiger partial charge in [-0.3, -0.25) is 4.79 Å². The Hall–Kier alpha value is -1.35. The maximum Gasteiger partial charge on any atom is 0.253 e. The van der Waals surface area contributed by atoms with Crippen LogP contribution in [0.4, 0.5) is 0 Å². The zero-order chi connectivity index (χ0) is 12.4. The van der Waals surface area contributed by atoms with Crippen molar-refractivity contribution in [1.29, 1.82) is 0 Å². The van der Waals surface area contributed by atoms with Crippen LogP contribution >= 0.6 is 0 Å². The monoisotopic (exact) mass is 233 g/mol. The number of likely N-dealkylation sites (tertiary alicyclic amines) is 1. The molecule has 1 aromatic rings. The molecule has 1 fully saturated rings. The minimum Gasteiger partial charge on any atom is -0.396 e. The molecule has 1 atom stereocenters. The Bertz CT molecular complexity index is 408. The standard InChI is InChI=1S/C14H19NO2/c1-10-5-11(2)7-13(6-10)14(17)15-4-3-12(8-15)9-16/h5-7,12,16H,3-4,8-9H2,1-2H3/t12-/m0/s1. The summed E-state index contributed by atoms with van der Waals surface area (Å²) in [5, 5.41) is 9.09. The lowest BCUT2D eigenvalue weighted by atomic mass is 10.1. The molecule has 0 unspecified atom stereocenters. The van der Waals surface area contributed by atoms with E-state index in [9.17, 15) is 4.79 Å². The Morgan fingerprint density at radius 1 is 1.35 bits per heavy atom. The molecule has 0 aliphatic carbocycles. The van der Waals surface area contributed by atoms with Crippen LogP contribution in [0.5, 0.6) is 0 Å². The van der Waals surface area contributed by atoms with Gasteiger partial charge in [-0.2, -0.15) is 0 Å². The second-order valence-electron chi connectivity index (χ2n) is 4.96. The largest absolute Gasteiger partial charge is 0.396 e. The summed E-state index contributed by atoms with van der Waals surface area (Å²) in [6, 6.07) is 5.93.